The van der Waals surface area contributed by atoms with E-state index in [2.05, 4.69) is 82.0 Å². The molecule has 0 spiro atoms. The zero-order valence-electron chi connectivity index (χ0n) is 18.0. The van der Waals surface area contributed by atoms with Crippen LogP contribution in [-0.4, -0.2) is 13.1 Å². The Morgan fingerprint density at radius 2 is 1.71 bits per heavy atom. The Labute approximate surface area is 171 Å². The first kappa shape index (κ1) is 19.4. The molecule has 1 aliphatic carbocycles. The highest BCUT2D eigenvalue weighted by Crippen LogP contribution is 2.40. The van der Waals surface area contributed by atoms with Crippen LogP contribution in [0.5, 0.6) is 0 Å². The number of hydrogen-bond acceptors (Lipinski definition) is 1. The van der Waals surface area contributed by atoms with Gasteiger partial charge in [0.2, 0.25) is 0 Å². The van der Waals surface area contributed by atoms with Crippen LogP contribution >= 0.6 is 0 Å². The molecule has 1 heterocycles. The maximum Gasteiger partial charge on any atom is 0.0776 e. The molecule has 1 nitrogen and oxygen atoms in total. The molecular formula is C26H33NSi. The monoisotopic (exact) mass is 387 g/mol. The van der Waals surface area contributed by atoms with Gasteiger partial charge in [-0.15, -0.1) is 0 Å². The summed E-state index contributed by atoms with van der Waals surface area (Å²) in [7, 11) is -1.35. The zero-order valence-corrected chi connectivity index (χ0v) is 19.0. The van der Waals surface area contributed by atoms with E-state index in [4.69, 9.17) is 4.98 Å². The third kappa shape index (κ3) is 3.80. The van der Waals surface area contributed by atoms with E-state index in [1.165, 1.54) is 52.9 Å². The minimum atomic E-state index is -1.35. The summed E-state index contributed by atoms with van der Waals surface area (Å²) in [6, 6.07) is 18.2. The number of hydrogen-bond donors (Lipinski definition) is 0. The van der Waals surface area contributed by atoms with Crippen LogP contribution in [0.2, 0.25) is 19.6 Å². The van der Waals surface area contributed by atoms with Gasteiger partial charge in [0.15, 0.2) is 0 Å². The van der Waals surface area contributed by atoms with E-state index in [1.807, 2.05) is 0 Å². The number of pyridine rings is 1. The molecule has 0 aliphatic heterocycles. The first-order chi connectivity index (χ1) is 13.3. The van der Waals surface area contributed by atoms with E-state index < -0.39 is 8.07 Å². The molecule has 146 valence electrons. The van der Waals surface area contributed by atoms with E-state index in [9.17, 15) is 0 Å². The average molecular weight is 388 g/mol. The normalized spacial score (nSPS) is 16.6. The molecule has 3 aromatic rings. The van der Waals surface area contributed by atoms with Crippen molar-refractivity contribution >= 4 is 24.2 Å². The lowest BCUT2D eigenvalue weighted by Crippen LogP contribution is -2.37. The minimum Gasteiger partial charge on any atom is -0.248 e. The Bertz CT molecular complexity index is 993. The van der Waals surface area contributed by atoms with Gasteiger partial charge in [-0.25, -0.2) is 4.98 Å². The van der Waals surface area contributed by atoms with Crippen LogP contribution in [0, 0.1) is 12.8 Å². The third-order valence-electron chi connectivity index (χ3n) is 6.62. The molecular weight excluding hydrogens is 354 g/mol. The molecule has 28 heavy (non-hydrogen) atoms. The first-order valence-corrected chi connectivity index (χ1v) is 14.3. The maximum atomic E-state index is 5.09. The molecule has 0 bridgehead atoms. The molecule has 2 aromatic carbocycles. The Balaban J connectivity index is 1.92. The van der Waals surface area contributed by atoms with Crippen LogP contribution in [0.25, 0.3) is 22.2 Å². The van der Waals surface area contributed by atoms with Crippen molar-refractivity contribution in [1.82, 2.24) is 4.98 Å². The fourth-order valence-electron chi connectivity index (χ4n) is 4.76. The van der Waals surface area contributed by atoms with Crippen molar-refractivity contribution in [3.05, 3.63) is 59.7 Å². The van der Waals surface area contributed by atoms with Crippen molar-refractivity contribution in [2.45, 2.75) is 65.1 Å². The van der Waals surface area contributed by atoms with Crippen molar-refractivity contribution in [2.24, 2.45) is 5.92 Å². The van der Waals surface area contributed by atoms with Gasteiger partial charge in [-0.1, -0.05) is 80.5 Å². The standard InChI is InChI=1S/C26H33NSi/c1-18-9-8-12-21(15-18)26-17-23(19(2)20-10-6-7-11-20)24-16-22(28(3,4)5)13-14-25(24)27-26/h8-9,12-17,19-20H,6-7,10-11H2,1-5H3. The largest absolute Gasteiger partial charge is 0.248 e. The summed E-state index contributed by atoms with van der Waals surface area (Å²) in [6.45, 7) is 11.9. The topological polar surface area (TPSA) is 12.9 Å². The Kier molecular flexibility index (Phi) is 5.18. The summed E-state index contributed by atoms with van der Waals surface area (Å²) in [5.74, 6) is 1.40. The summed E-state index contributed by atoms with van der Waals surface area (Å²) in [5, 5.41) is 2.92. The second kappa shape index (κ2) is 7.48. The summed E-state index contributed by atoms with van der Waals surface area (Å²) in [5.41, 5.74) is 6.31. The fraction of sp³-hybridized carbons (Fsp3) is 0.423. The summed E-state index contributed by atoms with van der Waals surface area (Å²) in [4.78, 5) is 5.09. The molecule has 0 saturated heterocycles. The quantitative estimate of drug-likeness (QED) is 0.437. The van der Waals surface area contributed by atoms with Crippen molar-refractivity contribution in [3.8, 4) is 11.3 Å². The molecule has 1 atom stereocenters. The van der Waals surface area contributed by atoms with E-state index in [1.54, 1.807) is 0 Å². The van der Waals surface area contributed by atoms with Crippen molar-refractivity contribution < 1.29 is 0 Å². The lowest BCUT2D eigenvalue weighted by atomic mass is 9.84. The molecule has 1 aromatic heterocycles. The Morgan fingerprint density at radius 1 is 0.964 bits per heavy atom. The highest BCUT2D eigenvalue weighted by molar-refractivity contribution is 6.88. The van der Waals surface area contributed by atoms with E-state index >= 15 is 0 Å². The molecule has 4 rings (SSSR count). The predicted molar refractivity (Wildman–Crippen MR) is 125 cm³/mol. The second-order valence-electron chi connectivity index (χ2n) is 9.78. The van der Waals surface area contributed by atoms with Gasteiger partial charge in [0.05, 0.1) is 19.3 Å². The maximum absolute atomic E-state index is 5.09. The van der Waals surface area contributed by atoms with Gasteiger partial charge in [0.25, 0.3) is 0 Å². The van der Waals surface area contributed by atoms with Gasteiger partial charge in [0.1, 0.15) is 0 Å². The summed E-state index contributed by atoms with van der Waals surface area (Å²) in [6.07, 6.45) is 5.53. The number of aromatic nitrogens is 1. The van der Waals surface area contributed by atoms with Crippen LogP contribution in [0.3, 0.4) is 0 Å². The number of benzene rings is 2. The zero-order chi connectivity index (χ0) is 19.9. The number of aryl methyl sites for hydroxylation is 1. The molecule has 1 fully saturated rings. The third-order valence-corrected chi connectivity index (χ3v) is 8.66. The summed E-state index contributed by atoms with van der Waals surface area (Å²) >= 11 is 0. The molecule has 1 unspecified atom stereocenters. The minimum absolute atomic E-state index is 0.591. The smallest absolute Gasteiger partial charge is 0.0776 e. The number of fused-ring (bicyclic) bond motifs is 1. The van der Waals surface area contributed by atoms with Gasteiger partial charge in [-0.2, -0.15) is 0 Å². The molecule has 1 aliphatic rings. The molecule has 0 radical (unpaired) electrons. The van der Waals surface area contributed by atoms with Gasteiger partial charge >= 0.3 is 0 Å². The van der Waals surface area contributed by atoms with Crippen LogP contribution < -0.4 is 5.19 Å². The number of rotatable bonds is 4. The van der Waals surface area contributed by atoms with Gasteiger partial charge in [-0.05, 0) is 55.4 Å². The van der Waals surface area contributed by atoms with Crippen molar-refractivity contribution in [1.29, 1.82) is 0 Å². The summed E-state index contributed by atoms with van der Waals surface area (Å²) < 4.78 is 0. The highest BCUT2D eigenvalue weighted by Gasteiger charge is 2.26. The lowest BCUT2D eigenvalue weighted by Gasteiger charge is -2.24. The highest BCUT2D eigenvalue weighted by atomic mass is 28.3. The van der Waals surface area contributed by atoms with E-state index in [0.717, 1.165) is 17.1 Å². The Hall–Kier alpha value is -1.93. The SMILES string of the molecule is Cc1cccc(-c2cc(C(C)C3CCCC3)c3cc([Si](C)(C)C)ccc3n2)c1. The molecule has 2 heteroatoms. The predicted octanol–water partition coefficient (Wildman–Crippen LogP) is 7.05. The van der Waals surface area contributed by atoms with Crippen LogP contribution in [0.1, 0.15) is 49.7 Å². The molecule has 0 N–H and O–H groups in total. The van der Waals surface area contributed by atoms with Gasteiger partial charge in [-0.3, -0.25) is 0 Å². The molecule has 0 amide bonds. The number of nitrogens with zero attached hydrogens (tertiary/aromatic N) is 1. The van der Waals surface area contributed by atoms with E-state index in [-0.39, 0.29) is 0 Å². The van der Waals surface area contributed by atoms with Crippen molar-refractivity contribution in [2.75, 3.05) is 0 Å². The van der Waals surface area contributed by atoms with Crippen LogP contribution in [0.15, 0.2) is 48.5 Å². The van der Waals surface area contributed by atoms with E-state index in [0.29, 0.717) is 5.92 Å². The van der Waals surface area contributed by atoms with Gasteiger partial charge in [0, 0.05) is 10.9 Å². The van der Waals surface area contributed by atoms with Crippen LogP contribution in [0.4, 0.5) is 0 Å². The molecule has 1 saturated carbocycles. The first-order valence-electron chi connectivity index (χ1n) is 10.8. The lowest BCUT2D eigenvalue weighted by molar-refractivity contribution is 0.463. The average Bonchev–Trinajstić information content (AvgIpc) is 3.20. The van der Waals surface area contributed by atoms with Crippen LogP contribution in [-0.2, 0) is 0 Å². The fourth-order valence-corrected chi connectivity index (χ4v) is 5.92. The van der Waals surface area contributed by atoms with Gasteiger partial charge < -0.3 is 0 Å². The second-order valence-corrected chi connectivity index (χ2v) is 14.9. The Morgan fingerprint density at radius 3 is 2.39 bits per heavy atom. The van der Waals surface area contributed by atoms with Crippen molar-refractivity contribution in [3.63, 3.8) is 0 Å².